The number of hydrogen-bond acceptors (Lipinski definition) is 2. The summed E-state index contributed by atoms with van der Waals surface area (Å²) in [6.07, 6.45) is 15.7. The third-order valence-corrected chi connectivity index (χ3v) is 6.41. The number of hydrogen-bond donors (Lipinski definition) is 0. The lowest BCUT2D eigenvalue weighted by atomic mass is 9.97. The standard InChI is InChI=1S/C25H30Cl2N2/c1-2-3-4-5-6-7-8-9-10-11-12-13-19-14-15-21-22(16-19)24(26)25(27)23(21)20(17-28)18-29/h14-16H,2-13H2,1H3. The zero-order valence-corrected chi connectivity index (χ0v) is 18.9. The first kappa shape index (κ1) is 23.5. The molecule has 2 rings (SSSR count). The second kappa shape index (κ2) is 12.7. The van der Waals surface area contributed by atoms with Gasteiger partial charge in [-0.2, -0.15) is 10.5 Å². The number of nitriles is 2. The number of benzene rings is 1. The van der Waals surface area contributed by atoms with E-state index in [0.717, 1.165) is 24.0 Å². The molecule has 0 amide bonds. The molecule has 1 aliphatic carbocycles. The molecule has 1 aromatic rings. The predicted molar refractivity (Wildman–Crippen MR) is 123 cm³/mol. The minimum absolute atomic E-state index is 0.00464. The van der Waals surface area contributed by atoms with E-state index in [1.54, 1.807) is 0 Å². The van der Waals surface area contributed by atoms with Crippen LogP contribution in [-0.2, 0) is 6.42 Å². The van der Waals surface area contributed by atoms with Crippen LogP contribution in [0.25, 0.3) is 10.6 Å². The fourth-order valence-electron chi connectivity index (χ4n) is 3.87. The maximum atomic E-state index is 9.18. The van der Waals surface area contributed by atoms with Crippen molar-refractivity contribution in [2.75, 3.05) is 0 Å². The Labute approximate surface area is 185 Å². The Morgan fingerprint density at radius 3 is 1.86 bits per heavy atom. The van der Waals surface area contributed by atoms with Crippen molar-refractivity contribution in [2.45, 2.75) is 84.0 Å². The van der Waals surface area contributed by atoms with Crippen LogP contribution in [0.15, 0.2) is 28.8 Å². The van der Waals surface area contributed by atoms with Crippen LogP contribution in [0.1, 0.15) is 94.2 Å². The molecule has 0 heterocycles. The van der Waals surface area contributed by atoms with Crippen LogP contribution in [0, 0.1) is 22.7 Å². The van der Waals surface area contributed by atoms with Crippen molar-refractivity contribution in [3.63, 3.8) is 0 Å². The van der Waals surface area contributed by atoms with Crippen molar-refractivity contribution < 1.29 is 0 Å². The molecular formula is C25H30Cl2N2. The van der Waals surface area contributed by atoms with Crippen LogP contribution in [0.4, 0.5) is 0 Å². The van der Waals surface area contributed by atoms with Gasteiger partial charge in [0.05, 0.1) is 10.1 Å². The normalized spacial score (nSPS) is 12.7. The summed E-state index contributed by atoms with van der Waals surface area (Å²) in [7, 11) is 0. The van der Waals surface area contributed by atoms with Crippen LogP contribution >= 0.6 is 23.2 Å². The molecule has 0 saturated carbocycles. The first-order valence-corrected chi connectivity index (χ1v) is 11.6. The van der Waals surface area contributed by atoms with Crippen LogP contribution < -0.4 is 0 Å². The average Bonchev–Trinajstić information content (AvgIpc) is 2.98. The highest BCUT2D eigenvalue weighted by Crippen LogP contribution is 2.46. The second-order valence-corrected chi connectivity index (χ2v) is 8.52. The molecule has 1 aliphatic rings. The Morgan fingerprint density at radius 2 is 1.31 bits per heavy atom. The van der Waals surface area contributed by atoms with Crippen molar-refractivity contribution >= 4 is 33.8 Å². The summed E-state index contributed by atoms with van der Waals surface area (Å²) < 4.78 is 0. The van der Waals surface area contributed by atoms with Crippen LogP contribution in [-0.4, -0.2) is 0 Å². The topological polar surface area (TPSA) is 47.6 Å². The molecule has 0 spiro atoms. The largest absolute Gasteiger partial charge is 0.192 e. The van der Waals surface area contributed by atoms with Gasteiger partial charge < -0.3 is 0 Å². The summed E-state index contributed by atoms with van der Waals surface area (Å²) in [5, 5.41) is 19.1. The van der Waals surface area contributed by atoms with E-state index in [-0.39, 0.29) is 5.57 Å². The summed E-state index contributed by atoms with van der Waals surface area (Å²) in [6.45, 7) is 2.26. The number of rotatable bonds is 12. The van der Waals surface area contributed by atoms with Gasteiger partial charge in [0, 0.05) is 11.1 Å². The lowest BCUT2D eigenvalue weighted by molar-refractivity contribution is 0.549. The Balaban J connectivity index is 1.77. The highest BCUT2D eigenvalue weighted by Gasteiger charge is 2.27. The fraction of sp³-hybridized carbons (Fsp3) is 0.520. The smallest absolute Gasteiger partial charge is 0.139 e. The van der Waals surface area contributed by atoms with Crippen molar-refractivity contribution in [1.82, 2.24) is 0 Å². The highest BCUT2D eigenvalue weighted by atomic mass is 35.5. The zero-order valence-electron chi connectivity index (χ0n) is 17.4. The third-order valence-electron chi connectivity index (χ3n) is 5.54. The molecule has 0 bridgehead atoms. The quantitative estimate of drug-likeness (QED) is 0.247. The number of aryl methyl sites for hydroxylation is 1. The van der Waals surface area contributed by atoms with Gasteiger partial charge in [0.15, 0.2) is 0 Å². The Bertz CT molecular complexity index is 821. The molecule has 4 heteroatoms. The SMILES string of the molecule is CCCCCCCCCCCCCc1ccc2c(c1)C(Cl)=C(Cl)C2=C(C#N)C#N. The van der Waals surface area contributed by atoms with Gasteiger partial charge >= 0.3 is 0 Å². The third kappa shape index (κ3) is 6.64. The van der Waals surface area contributed by atoms with E-state index >= 15 is 0 Å². The van der Waals surface area contributed by atoms with E-state index in [0.29, 0.717) is 15.6 Å². The zero-order chi connectivity index (χ0) is 21.1. The molecule has 0 saturated heterocycles. The lowest BCUT2D eigenvalue weighted by Crippen LogP contribution is -1.91. The molecule has 29 heavy (non-hydrogen) atoms. The summed E-state index contributed by atoms with van der Waals surface area (Å²) in [5.41, 5.74) is 3.29. The monoisotopic (exact) mass is 428 g/mol. The van der Waals surface area contributed by atoms with E-state index in [4.69, 9.17) is 23.2 Å². The molecular weight excluding hydrogens is 399 g/mol. The molecule has 0 atom stereocenters. The molecule has 0 radical (unpaired) electrons. The summed E-state index contributed by atoms with van der Waals surface area (Å²) in [4.78, 5) is 0. The molecule has 0 N–H and O–H groups in total. The van der Waals surface area contributed by atoms with Crippen molar-refractivity contribution in [1.29, 1.82) is 10.5 Å². The second-order valence-electron chi connectivity index (χ2n) is 7.77. The fourth-order valence-corrected chi connectivity index (χ4v) is 4.42. The summed E-state index contributed by atoms with van der Waals surface area (Å²) in [5.74, 6) is 0. The van der Waals surface area contributed by atoms with Crippen LogP contribution in [0.3, 0.4) is 0 Å². The van der Waals surface area contributed by atoms with Gasteiger partial charge in [-0.25, -0.2) is 0 Å². The van der Waals surface area contributed by atoms with Crippen molar-refractivity contribution in [3.05, 3.63) is 45.5 Å². The number of halogens is 2. The first-order valence-electron chi connectivity index (χ1n) is 10.9. The number of allylic oxidation sites excluding steroid dienone is 3. The molecule has 154 valence electrons. The average molecular weight is 429 g/mol. The number of nitrogens with zero attached hydrogens (tertiary/aromatic N) is 2. The van der Waals surface area contributed by atoms with E-state index in [1.807, 2.05) is 18.2 Å². The van der Waals surface area contributed by atoms with Gasteiger partial charge in [-0.3, -0.25) is 0 Å². The Hall–Kier alpha value is -1.74. The van der Waals surface area contributed by atoms with Gasteiger partial charge in [-0.1, -0.05) is 106 Å². The van der Waals surface area contributed by atoms with E-state index in [9.17, 15) is 10.5 Å². The van der Waals surface area contributed by atoms with Gasteiger partial charge in [-0.05, 0) is 30.0 Å². The molecule has 0 aliphatic heterocycles. The minimum atomic E-state index is 0.00464. The van der Waals surface area contributed by atoms with Crippen LogP contribution in [0.2, 0.25) is 0 Å². The van der Waals surface area contributed by atoms with Gasteiger partial charge in [-0.15, -0.1) is 0 Å². The van der Waals surface area contributed by atoms with Gasteiger partial charge in [0.25, 0.3) is 0 Å². The molecule has 0 aromatic heterocycles. The predicted octanol–water partition coefficient (Wildman–Crippen LogP) is 8.50. The van der Waals surface area contributed by atoms with Gasteiger partial charge in [0.2, 0.25) is 0 Å². The number of unbranched alkanes of at least 4 members (excludes halogenated alkanes) is 10. The summed E-state index contributed by atoms with van der Waals surface area (Å²) in [6, 6.07) is 9.88. The van der Waals surface area contributed by atoms with Gasteiger partial charge in [0.1, 0.15) is 17.7 Å². The minimum Gasteiger partial charge on any atom is -0.192 e. The maximum absolute atomic E-state index is 9.18. The summed E-state index contributed by atoms with van der Waals surface area (Å²) >= 11 is 12.7. The Kier molecular flexibility index (Phi) is 10.3. The Morgan fingerprint density at radius 1 is 0.759 bits per heavy atom. The molecule has 1 aromatic carbocycles. The van der Waals surface area contributed by atoms with Crippen LogP contribution in [0.5, 0.6) is 0 Å². The van der Waals surface area contributed by atoms with E-state index < -0.39 is 0 Å². The molecule has 0 fully saturated rings. The highest BCUT2D eigenvalue weighted by molar-refractivity contribution is 6.59. The van der Waals surface area contributed by atoms with Crippen molar-refractivity contribution in [3.8, 4) is 12.1 Å². The molecule has 0 unspecified atom stereocenters. The van der Waals surface area contributed by atoms with E-state index in [1.165, 1.54) is 69.8 Å². The maximum Gasteiger partial charge on any atom is 0.139 e. The first-order chi connectivity index (χ1) is 14.1. The lowest BCUT2D eigenvalue weighted by Gasteiger charge is -2.07. The number of fused-ring (bicyclic) bond motifs is 1. The van der Waals surface area contributed by atoms with Crippen molar-refractivity contribution in [2.24, 2.45) is 0 Å². The van der Waals surface area contributed by atoms with E-state index in [2.05, 4.69) is 19.1 Å². The molecule has 2 nitrogen and oxygen atoms in total.